The zero-order chi connectivity index (χ0) is 16.1. The number of hydrogen-bond donors (Lipinski definition) is 1. The Morgan fingerprint density at radius 2 is 1.77 bits per heavy atom. The Hall–Kier alpha value is -1.64. The molecular weight excluding hydrogens is 351 g/mol. The van der Waals surface area contributed by atoms with Crippen molar-refractivity contribution < 1.29 is 13.2 Å². The number of amides is 1. The number of rotatable bonds is 2. The second-order valence-corrected chi connectivity index (χ2v) is 7.56. The predicted octanol–water partition coefficient (Wildman–Crippen LogP) is 1.58. The van der Waals surface area contributed by atoms with E-state index in [9.17, 15) is 13.2 Å². The van der Waals surface area contributed by atoms with Crippen LogP contribution in [0.25, 0.3) is 11.0 Å². The van der Waals surface area contributed by atoms with Gasteiger partial charge in [0.1, 0.15) is 0 Å². The second-order valence-electron chi connectivity index (χ2n) is 4.82. The van der Waals surface area contributed by atoms with Gasteiger partial charge in [0.25, 0.3) is 0 Å². The van der Waals surface area contributed by atoms with Crippen LogP contribution < -0.4 is 10.4 Å². The van der Waals surface area contributed by atoms with Gasteiger partial charge in [-0.2, -0.15) is 0 Å². The Kier molecular flexibility index (Phi) is 3.62. The molecule has 116 valence electrons. The fraction of sp³-hybridized carbons (Fsp3) is 0.250. The van der Waals surface area contributed by atoms with E-state index in [1.807, 2.05) is 0 Å². The zero-order valence-electron chi connectivity index (χ0n) is 11.3. The Bertz CT molecular complexity index is 901. The number of sulfone groups is 1. The van der Waals surface area contributed by atoms with E-state index in [2.05, 4.69) is 15.4 Å². The van der Waals surface area contributed by atoms with E-state index in [0.29, 0.717) is 17.6 Å². The van der Waals surface area contributed by atoms with Crippen LogP contribution in [0.15, 0.2) is 17.2 Å². The van der Waals surface area contributed by atoms with E-state index >= 15 is 0 Å². The lowest BCUT2D eigenvalue weighted by Gasteiger charge is -2.18. The molecule has 1 aliphatic heterocycles. The standard InChI is InChI=1S/C12H10Cl2N4O3S/c1-22(20,21)12-11(18-3-2-10(19)17-18)15-8-4-6(13)7(14)5-9(8)16-12/h4-5H,2-3H2,1H3,(H,17,19). The van der Waals surface area contributed by atoms with Crippen molar-refractivity contribution in [1.29, 1.82) is 0 Å². The van der Waals surface area contributed by atoms with Crippen LogP contribution in [-0.2, 0) is 14.6 Å². The molecule has 3 rings (SSSR count). The summed E-state index contributed by atoms with van der Waals surface area (Å²) >= 11 is 11.9. The molecule has 22 heavy (non-hydrogen) atoms. The van der Waals surface area contributed by atoms with Gasteiger partial charge < -0.3 is 0 Å². The molecule has 0 saturated carbocycles. The average Bonchev–Trinajstić information content (AvgIpc) is 2.84. The summed E-state index contributed by atoms with van der Waals surface area (Å²) < 4.78 is 24.0. The Labute approximate surface area is 136 Å². The van der Waals surface area contributed by atoms with Crippen LogP contribution in [0.1, 0.15) is 6.42 Å². The number of nitrogens with zero attached hydrogens (tertiary/aromatic N) is 3. The first-order valence-corrected chi connectivity index (χ1v) is 8.84. The SMILES string of the molecule is CS(=O)(=O)c1nc2cc(Cl)c(Cl)cc2nc1N1CCC(=O)N1. The molecule has 0 radical (unpaired) electrons. The summed E-state index contributed by atoms with van der Waals surface area (Å²) in [7, 11) is -3.65. The minimum atomic E-state index is -3.65. The molecular formula is C12H10Cl2N4O3S. The molecule has 1 aliphatic rings. The predicted molar refractivity (Wildman–Crippen MR) is 82.8 cm³/mol. The Morgan fingerprint density at radius 1 is 1.18 bits per heavy atom. The van der Waals surface area contributed by atoms with E-state index in [4.69, 9.17) is 23.2 Å². The van der Waals surface area contributed by atoms with Crippen LogP contribution >= 0.6 is 23.2 Å². The highest BCUT2D eigenvalue weighted by atomic mass is 35.5. The summed E-state index contributed by atoms with van der Waals surface area (Å²) in [4.78, 5) is 19.8. The van der Waals surface area contributed by atoms with Crippen LogP contribution in [0.3, 0.4) is 0 Å². The van der Waals surface area contributed by atoms with E-state index in [-0.39, 0.29) is 33.2 Å². The number of nitrogens with one attached hydrogen (secondary N) is 1. The number of anilines is 1. The van der Waals surface area contributed by atoms with Crippen LogP contribution in [0.2, 0.25) is 10.0 Å². The van der Waals surface area contributed by atoms with Crippen molar-refractivity contribution in [2.24, 2.45) is 0 Å². The first-order chi connectivity index (χ1) is 10.3. The number of carbonyl (C=O) groups is 1. The highest BCUT2D eigenvalue weighted by molar-refractivity contribution is 7.90. The molecule has 1 saturated heterocycles. The molecule has 0 spiro atoms. The maximum atomic E-state index is 12.0. The normalized spacial score (nSPS) is 15.4. The molecule has 2 aromatic rings. The number of carbonyl (C=O) groups excluding carboxylic acids is 1. The zero-order valence-corrected chi connectivity index (χ0v) is 13.6. The van der Waals surface area contributed by atoms with Crippen LogP contribution in [0.4, 0.5) is 5.82 Å². The smallest absolute Gasteiger partial charge is 0.240 e. The van der Waals surface area contributed by atoms with Crippen molar-refractivity contribution in [3.05, 3.63) is 22.2 Å². The highest BCUT2D eigenvalue weighted by Gasteiger charge is 2.28. The lowest BCUT2D eigenvalue weighted by Crippen LogP contribution is -2.35. The van der Waals surface area contributed by atoms with Gasteiger partial charge in [0, 0.05) is 12.7 Å². The van der Waals surface area contributed by atoms with Crippen molar-refractivity contribution in [2.75, 3.05) is 17.8 Å². The third-order valence-electron chi connectivity index (χ3n) is 3.09. The third-order valence-corrected chi connectivity index (χ3v) is 4.78. The monoisotopic (exact) mass is 360 g/mol. The molecule has 0 atom stereocenters. The van der Waals surface area contributed by atoms with Gasteiger partial charge in [-0.25, -0.2) is 18.4 Å². The topological polar surface area (TPSA) is 92.3 Å². The van der Waals surface area contributed by atoms with E-state index in [0.717, 1.165) is 6.26 Å². The van der Waals surface area contributed by atoms with Gasteiger partial charge in [0.05, 0.1) is 27.6 Å². The number of hydrazine groups is 1. The number of benzene rings is 1. The molecule has 0 unspecified atom stereocenters. The molecule has 0 bridgehead atoms. The number of hydrogen-bond acceptors (Lipinski definition) is 6. The quantitative estimate of drug-likeness (QED) is 0.873. The van der Waals surface area contributed by atoms with Crippen molar-refractivity contribution in [1.82, 2.24) is 15.4 Å². The largest absolute Gasteiger partial charge is 0.273 e. The van der Waals surface area contributed by atoms with Crippen molar-refractivity contribution in [2.45, 2.75) is 11.4 Å². The average molecular weight is 361 g/mol. The van der Waals surface area contributed by atoms with E-state index in [1.54, 1.807) is 0 Å². The fourth-order valence-electron chi connectivity index (χ4n) is 2.09. The lowest BCUT2D eigenvalue weighted by atomic mass is 10.3. The number of fused-ring (bicyclic) bond motifs is 1. The van der Waals surface area contributed by atoms with Gasteiger partial charge in [-0.1, -0.05) is 23.2 Å². The minimum Gasteiger partial charge on any atom is -0.273 e. The third kappa shape index (κ3) is 2.69. The molecule has 0 aliphatic carbocycles. The summed E-state index contributed by atoms with van der Waals surface area (Å²) in [5, 5.41) is 1.69. The summed E-state index contributed by atoms with van der Waals surface area (Å²) in [6, 6.07) is 2.95. The van der Waals surface area contributed by atoms with Crippen LogP contribution in [-0.4, -0.2) is 37.1 Å². The van der Waals surface area contributed by atoms with Crippen molar-refractivity contribution in [3.63, 3.8) is 0 Å². The molecule has 1 N–H and O–H groups in total. The van der Waals surface area contributed by atoms with Gasteiger partial charge in [0.2, 0.25) is 5.91 Å². The molecule has 1 aromatic heterocycles. The molecule has 7 nitrogen and oxygen atoms in total. The van der Waals surface area contributed by atoms with Gasteiger partial charge in [-0.3, -0.25) is 15.2 Å². The van der Waals surface area contributed by atoms with Crippen molar-refractivity contribution >= 4 is 55.8 Å². The highest BCUT2D eigenvalue weighted by Crippen LogP contribution is 2.30. The van der Waals surface area contributed by atoms with Gasteiger partial charge in [-0.05, 0) is 12.1 Å². The minimum absolute atomic E-state index is 0.0687. The summed E-state index contributed by atoms with van der Waals surface area (Å²) in [5.41, 5.74) is 3.24. The maximum absolute atomic E-state index is 12.0. The lowest BCUT2D eigenvalue weighted by molar-refractivity contribution is -0.119. The maximum Gasteiger partial charge on any atom is 0.240 e. The van der Waals surface area contributed by atoms with Gasteiger partial charge in [0.15, 0.2) is 20.7 Å². The number of halogens is 2. The first kappa shape index (κ1) is 15.3. The van der Waals surface area contributed by atoms with E-state index in [1.165, 1.54) is 17.1 Å². The first-order valence-electron chi connectivity index (χ1n) is 6.19. The fourth-order valence-corrected chi connectivity index (χ4v) is 3.15. The van der Waals surface area contributed by atoms with E-state index < -0.39 is 9.84 Å². The summed E-state index contributed by atoms with van der Waals surface area (Å²) in [6.45, 7) is 0.308. The molecule has 1 aromatic carbocycles. The summed E-state index contributed by atoms with van der Waals surface area (Å²) in [6.07, 6.45) is 1.28. The molecule has 2 heterocycles. The molecule has 1 fully saturated rings. The second kappa shape index (κ2) is 5.22. The van der Waals surface area contributed by atoms with Crippen LogP contribution in [0.5, 0.6) is 0 Å². The Balaban J connectivity index is 2.28. The Morgan fingerprint density at radius 3 is 2.27 bits per heavy atom. The van der Waals surface area contributed by atoms with Crippen molar-refractivity contribution in [3.8, 4) is 0 Å². The van der Waals surface area contributed by atoms with Gasteiger partial charge in [-0.15, -0.1) is 0 Å². The number of aromatic nitrogens is 2. The van der Waals surface area contributed by atoms with Crippen LogP contribution in [0, 0.1) is 0 Å². The summed E-state index contributed by atoms with van der Waals surface area (Å²) in [5.74, 6) is -0.144. The van der Waals surface area contributed by atoms with Gasteiger partial charge >= 0.3 is 0 Å². The molecule has 1 amide bonds. The molecule has 10 heteroatoms.